The second-order valence-corrected chi connectivity index (χ2v) is 3.39. The van der Waals surface area contributed by atoms with Gasteiger partial charge in [-0.2, -0.15) is 0 Å². The first-order valence-electron chi connectivity index (χ1n) is 5.17. The molecule has 5 nitrogen and oxygen atoms in total. The number of hydrogen-bond acceptors (Lipinski definition) is 3. The van der Waals surface area contributed by atoms with Crippen LogP contribution >= 0.6 is 0 Å². The lowest BCUT2D eigenvalue weighted by atomic mass is 10.2. The van der Waals surface area contributed by atoms with Gasteiger partial charge >= 0.3 is 0 Å². The molecular formula is C12H11FN2O3. The van der Waals surface area contributed by atoms with Gasteiger partial charge in [-0.15, -0.1) is 11.8 Å². The Hall–Kier alpha value is -2.42. The Morgan fingerprint density at radius 1 is 1.50 bits per heavy atom. The number of nitro groups is 1. The van der Waals surface area contributed by atoms with E-state index >= 15 is 0 Å². The Bertz CT molecular complexity index is 532. The van der Waals surface area contributed by atoms with Gasteiger partial charge in [0.15, 0.2) is 0 Å². The fourth-order valence-corrected chi connectivity index (χ4v) is 1.28. The number of nitro benzene ring substituents is 1. The van der Waals surface area contributed by atoms with E-state index in [0.717, 1.165) is 18.2 Å². The van der Waals surface area contributed by atoms with Gasteiger partial charge in [0, 0.05) is 24.6 Å². The summed E-state index contributed by atoms with van der Waals surface area (Å²) in [6.45, 7) is 1.99. The van der Waals surface area contributed by atoms with Crippen LogP contribution in [0.5, 0.6) is 0 Å². The van der Waals surface area contributed by atoms with Crippen molar-refractivity contribution >= 4 is 11.6 Å². The lowest BCUT2D eigenvalue weighted by Gasteiger charge is -2.03. The van der Waals surface area contributed by atoms with Crippen LogP contribution in [0.3, 0.4) is 0 Å². The molecule has 1 N–H and O–H groups in total. The Balaban J connectivity index is 2.78. The van der Waals surface area contributed by atoms with Crippen LogP contribution in [0.25, 0.3) is 0 Å². The predicted molar refractivity (Wildman–Crippen MR) is 63.5 cm³/mol. The second kappa shape index (κ2) is 6.35. The number of non-ortho nitro benzene ring substituents is 1. The molecule has 1 aromatic carbocycles. The highest BCUT2D eigenvalue weighted by molar-refractivity contribution is 5.94. The van der Waals surface area contributed by atoms with Gasteiger partial charge in [0.05, 0.1) is 11.0 Å². The summed E-state index contributed by atoms with van der Waals surface area (Å²) in [7, 11) is 0. The molecule has 6 heteroatoms. The monoisotopic (exact) mass is 250 g/mol. The van der Waals surface area contributed by atoms with Gasteiger partial charge in [-0.05, 0) is 13.0 Å². The van der Waals surface area contributed by atoms with Crippen LogP contribution in [0.4, 0.5) is 10.1 Å². The molecule has 0 bridgehead atoms. The van der Waals surface area contributed by atoms with E-state index in [9.17, 15) is 19.3 Å². The molecule has 1 amide bonds. The van der Waals surface area contributed by atoms with Gasteiger partial charge in [-0.3, -0.25) is 14.9 Å². The molecule has 0 aliphatic rings. The molecule has 0 heterocycles. The van der Waals surface area contributed by atoms with Crippen molar-refractivity contribution in [3.63, 3.8) is 0 Å². The van der Waals surface area contributed by atoms with Gasteiger partial charge in [0.25, 0.3) is 11.6 Å². The molecule has 0 aliphatic heterocycles. The summed E-state index contributed by atoms with van der Waals surface area (Å²) in [6.07, 6.45) is 0.472. The van der Waals surface area contributed by atoms with E-state index in [4.69, 9.17) is 0 Å². The molecule has 0 radical (unpaired) electrons. The normalized spacial score (nSPS) is 9.22. The molecule has 0 aromatic heterocycles. The number of carbonyl (C=O) groups is 1. The highest BCUT2D eigenvalue weighted by atomic mass is 19.1. The van der Waals surface area contributed by atoms with E-state index in [1.54, 1.807) is 6.92 Å². The fourth-order valence-electron chi connectivity index (χ4n) is 1.28. The highest BCUT2D eigenvalue weighted by Crippen LogP contribution is 2.16. The number of nitrogens with zero attached hydrogens (tertiary/aromatic N) is 1. The van der Waals surface area contributed by atoms with Crippen molar-refractivity contribution in [2.24, 2.45) is 0 Å². The van der Waals surface area contributed by atoms with Gasteiger partial charge in [-0.25, -0.2) is 4.39 Å². The third-order valence-corrected chi connectivity index (χ3v) is 2.07. The van der Waals surface area contributed by atoms with Crippen molar-refractivity contribution in [1.82, 2.24) is 5.32 Å². The topological polar surface area (TPSA) is 72.2 Å². The summed E-state index contributed by atoms with van der Waals surface area (Å²) in [6, 6.07) is 2.75. The quantitative estimate of drug-likeness (QED) is 0.384. The average molecular weight is 250 g/mol. The summed E-state index contributed by atoms with van der Waals surface area (Å²) in [5.74, 6) is 4.04. The standard InChI is InChI=1S/C12H11FN2O3/c1-2-3-4-5-14-12(16)9-6-10(13)8-11(7-9)15(17)18/h6-8H,4-5H2,1H3,(H,14,16). The fraction of sp³-hybridized carbons (Fsp3) is 0.250. The maximum atomic E-state index is 13.1. The van der Waals surface area contributed by atoms with Crippen molar-refractivity contribution in [2.45, 2.75) is 13.3 Å². The third-order valence-electron chi connectivity index (χ3n) is 2.07. The van der Waals surface area contributed by atoms with Gasteiger partial charge in [-0.1, -0.05) is 0 Å². The number of amides is 1. The zero-order valence-corrected chi connectivity index (χ0v) is 9.70. The van der Waals surface area contributed by atoms with E-state index in [0.29, 0.717) is 13.0 Å². The number of carbonyl (C=O) groups excluding carboxylic acids is 1. The molecule has 0 spiro atoms. The number of rotatable bonds is 4. The molecule has 0 fully saturated rings. The molecule has 0 saturated heterocycles. The van der Waals surface area contributed by atoms with Crippen LogP contribution < -0.4 is 5.32 Å². The number of hydrogen-bond donors (Lipinski definition) is 1. The first-order chi connectivity index (χ1) is 8.54. The summed E-state index contributed by atoms with van der Waals surface area (Å²) in [5, 5.41) is 13.0. The van der Waals surface area contributed by atoms with Crippen molar-refractivity contribution in [3.8, 4) is 11.8 Å². The Labute approximate surface area is 103 Å². The van der Waals surface area contributed by atoms with Crippen LogP contribution in [0.1, 0.15) is 23.7 Å². The Morgan fingerprint density at radius 2 is 2.22 bits per heavy atom. The van der Waals surface area contributed by atoms with Crippen LogP contribution in [0.2, 0.25) is 0 Å². The van der Waals surface area contributed by atoms with Crippen molar-refractivity contribution in [2.75, 3.05) is 6.54 Å². The van der Waals surface area contributed by atoms with Crippen LogP contribution in [-0.4, -0.2) is 17.4 Å². The molecule has 0 aliphatic carbocycles. The smallest absolute Gasteiger partial charge is 0.273 e. The molecule has 94 valence electrons. The van der Waals surface area contributed by atoms with Gasteiger partial charge < -0.3 is 5.32 Å². The summed E-state index contributed by atoms with van der Waals surface area (Å²) in [4.78, 5) is 21.4. The summed E-state index contributed by atoms with van der Waals surface area (Å²) in [5.41, 5.74) is -0.528. The van der Waals surface area contributed by atoms with E-state index in [2.05, 4.69) is 17.2 Å². The second-order valence-electron chi connectivity index (χ2n) is 3.39. The maximum Gasteiger partial charge on any atom is 0.273 e. The highest BCUT2D eigenvalue weighted by Gasteiger charge is 2.14. The molecule has 0 saturated carbocycles. The SMILES string of the molecule is CC#CCCNC(=O)c1cc(F)cc([N+](=O)[O-])c1. The van der Waals surface area contributed by atoms with E-state index in [1.807, 2.05) is 0 Å². The van der Waals surface area contributed by atoms with E-state index in [-0.39, 0.29) is 5.56 Å². The first-order valence-corrected chi connectivity index (χ1v) is 5.17. The molecule has 0 unspecified atom stereocenters. The van der Waals surface area contributed by atoms with Crippen LogP contribution in [-0.2, 0) is 0 Å². The molecule has 18 heavy (non-hydrogen) atoms. The minimum atomic E-state index is -0.817. The molecular weight excluding hydrogens is 239 g/mol. The average Bonchev–Trinajstić information content (AvgIpc) is 2.33. The van der Waals surface area contributed by atoms with Gasteiger partial charge in [0.2, 0.25) is 0 Å². The van der Waals surface area contributed by atoms with Crippen LogP contribution in [0.15, 0.2) is 18.2 Å². The summed E-state index contributed by atoms with van der Waals surface area (Å²) < 4.78 is 13.1. The van der Waals surface area contributed by atoms with Crippen LogP contribution in [0, 0.1) is 27.8 Å². The van der Waals surface area contributed by atoms with E-state index in [1.165, 1.54) is 0 Å². The number of halogens is 1. The number of nitrogens with one attached hydrogen (secondary N) is 1. The van der Waals surface area contributed by atoms with E-state index < -0.39 is 22.3 Å². The zero-order valence-electron chi connectivity index (χ0n) is 9.70. The minimum Gasteiger partial charge on any atom is -0.351 e. The van der Waals surface area contributed by atoms with Crippen molar-refractivity contribution in [3.05, 3.63) is 39.7 Å². The lowest BCUT2D eigenvalue weighted by Crippen LogP contribution is -2.24. The number of benzene rings is 1. The van der Waals surface area contributed by atoms with Crippen molar-refractivity contribution in [1.29, 1.82) is 0 Å². The summed E-state index contributed by atoms with van der Waals surface area (Å²) >= 11 is 0. The first kappa shape index (κ1) is 13.6. The predicted octanol–water partition coefficient (Wildman–Crippen LogP) is 1.88. The third kappa shape index (κ3) is 3.87. The molecule has 0 atom stereocenters. The Kier molecular flexibility index (Phi) is 4.81. The van der Waals surface area contributed by atoms with Crippen molar-refractivity contribution < 1.29 is 14.1 Å². The Morgan fingerprint density at radius 3 is 2.83 bits per heavy atom. The van der Waals surface area contributed by atoms with Gasteiger partial charge in [0.1, 0.15) is 5.82 Å². The molecule has 1 aromatic rings. The maximum absolute atomic E-state index is 13.1. The lowest BCUT2D eigenvalue weighted by molar-refractivity contribution is -0.385. The largest absolute Gasteiger partial charge is 0.351 e. The minimum absolute atomic E-state index is 0.0776. The molecule has 1 rings (SSSR count). The zero-order chi connectivity index (χ0) is 13.5.